The van der Waals surface area contributed by atoms with E-state index in [9.17, 15) is 9.59 Å². The summed E-state index contributed by atoms with van der Waals surface area (Å²) in [6.45, 7) is 0. The van der Waals surface area contributed by atoms with E-state index in [-0.39, 0.29) is 5.56 Å². The first-order chi connectivity index (χ1) is 7.81. The summed E-state index contributed by atoms with van der Waals surface area (Å²) < 4.78 is 0. The number of benzene rings is 1. The monoisotopic (exact) mass is 215 g/mol. The highest BCUT2D eigenvalue weighted by atomic mass is 16.1. The number of carbonyl (C=O) groups excluding carboxylic acids is 1. The molecule has 1 amide bonds. The van der Waals surface area contributed by atoms with Gasteiger partial charge in [0.25, 0.3) is 5.56 Å². The van der Waals surface area contributed by atoms with E-state index < -0.39 is 0 Å². The average Bonchev–Trinajstić information content (AvgIpc) is 2.30. The summed E-state index contributed by atoms with van der Waals surface area (Å²) in [4.78, 5) is 28.4. The quantitative estimate of drug-likeness (QED) is 0.738. The van der Waals surface area contributed by atoms with Crippen molar-refractivity contribution in [2.24, 2.45) is 0 Å². The normalized spacial score (nSPS) is 10.8. The molecule has 0 saturated heterocycles. The summed E-state index contributed by atoms with van der Waals surface area (Å²) in [5.74, 6) is 0.401. The van der Waals surface area contributed by atoms with Gasteiger partial charge >= 0.3 is 0 Å². The maximum atomic E-state index is 11.6. The van der Waals surface area contributed by atoms with Gasteiger partial charge in [-0.15, -0.1) is 0 Å². The lowest BCUT2D eigenvalue weighted by molar-refractivity contribution is -0.108. The summed E-state index contributed by atoms with van der Waals surface area (Å²) in [6.07, 6.45) is 3.46. The summed E-state index contributed by atoms with van der Waals surface area (Å²) >= 11 is 0. The van der Waals surface area contributed by atoms with Crippen LogP contribution in [0.1, 0.15) is 5.82 Å². The van der Waals surface area contributed by atoms with Gasteiger partial charge in [0.05, 0.1) is 10.9 Å². The van der Waals surface area contributed by atoms with Crippen LogP contribution in [-0.2, 0) is 4.79 Å². The molecule has 1 aromatic carbocycles. The van der Waals surface area contributed by atoms with Crippen LogP contribution >= 0.6 is 0 Å². The van der Waals surface area contributed by atoms with Crippen LogP contribution in [0.4, 0.5) is 0 Å². The van der Waals surface area contributed by atoms with Crippen LogP contribution in [0.25, 0.3) is 17.0 Å². The first-order valence-corrected chi connectivity index (χ1v) is 4.66. The molecule has 1 heterocycles. The highest BCUT2D eigenvalue weighted by Gasteiger charge is 1.99. The topological polar surface area (TPSA) is 74.8 Å². The maximum absolute atomic E-state index is 11.6. The van der Waals surface area contributed by atoms with E-state index in [1.54, 1.807) is 18.2 Å². The van der Waals surface area contributed by atoms with Crippen LogP contribution in [0, 0.1) is 0 Å². The Bertz CT molecular complexity index is 601. The minimum absolute atomic E-state index is 0.198. The molecule has 0 saturated carbocycles. The first kappa shape index (κ1) is 10.1. The van der Waals surface area contributed by atoms with Gasteiger partial charge in [0.2, 0.25) is 6.41 Å². The van der Waals surface area contributed by atoms with Gasteiger partial charge in [-0.3, -0.25) is 9.59 Å². The molecule has 0 unspecified atom stereocenters. The molecule has 2 N–H and O–H groups in total. The van der Waals surface area contributed by atoms with E-state index in [1.165, 1.54) is 12.3 Å². The third-order valence-electron chi connectivity index (χ3n) is 2.04. The van der Waals surface area contributed by atoms with Crippen molar-refractivity contribution >= 4 is 23.4 Å². The number of hydrogen-bond acceptors (Lipinski definition) is 3. The average molecular weight is 215 g/mol. The molecule has 5 heteroatoms. The molecule has 0 bridgehead atoms. The molecular weight excluding hydrogens is 206 g/mol. The second-order valence-electron chi connectivity index (χ2n) is 3.09. The van der Waals surface area contributed by atoms with Crippen LogP contribution in [0.2, 0.25) is 0 Å². The molecule has 80 valence electrons. The van der Waals surface area contributed by atoms with Crippen LogP contribution in [0.15, 0.2) is 35.3 Å². The third-order valence-corrected chi connectivity index (χ3v) is 2.04. The molecule has 0 fully saturated rings. The lowest BCUT2D eigenvalue weighted by Gasteiger charge is -1.97. The van der Waals surface area contributed by atoms with Crippen molar-refractivity contribution in [3.63, 3.8) is 0 Å². The second kappa shape index (κ2) is 4.39. The Labute approximate surface area is 90.8 Å². The molecule has 16 heavy (non-hydrogen) atoms. The minimum Gasteiger partial charge on any atom is -0.335 e. The lowest BCUT2D eigenvalue weighted by Crippen LogP contribution is -2.10. The summed E-state index contributed by atoms with van der Waals surface area (Å²) in [6, 6.07) is 7.06. The summed E-state index contributed by atoms with van der Waals surface area (Å²) in [7, 11) is 0. The number of aromatic nitrogens is 2. The van der Waals surface area contributed by atoms with Crippen molar-refractivity contribution in [1.82, 2.24) is 15.3 Å². The second-order valence-corrected chi connectivity index (χ2v) is 3.09. The Balaban J connectivity index is 2.50. The molecule has 2 aromatic rings. The van der Waals surface area contributed by atoms with E-state index >= 15 is 0 Å². The number of fused-ring (bicyclic) bond motifs is 1. The number of hydrogen-bond donors (Lipinski definition) is 2. The van der Waals surface area contributed by atoms with E-state index in [2.05, 4.69) is 15.3 Å². The Hall–Kier alpha value is -2.43. The molecule has 0 spiro atoms. The SMILES string of the molecule is O=CNC=Cc1nc2ccccc2c(=O)[nH]1. The molecule has 0 atom stereocenters. The van der Waals surface area contributed by atoms with Crippen molar-refractivity contribution in [3.05, 3.63) is 46.6 Å². The van der Waals surface area contributed by atoms with Crippen molar-refractivity contribution in [3.8, 4) is 0 Å². The lowest BCUT2D eigenvalue weighted by atomic mass is 10.2. The molecule has 0 aliphatic carbocycles. The number of para-hydroxylation sites is 1. The Kier molecular flexibility index (Phi) is 2.77. The fourth-order valence-electron chi connectivity index (χ4n) is 1.35. The zero-order valence-electron chi connectivity index (χ0n) is 8.31. The van der Waals surface area contributed by atoms with Crippen molar-refractivity contribution < 1.29 is 4.79 Å². The summed E-state index contributed by atoms with van der Waals surface area (Å²) in [5.41, 5.74) is 0.424. The van der Waals surface area contributed by atoms with Crippen LogP contribution in [0.5, 0.6) is 0 Å². The largest absolute Gasteiger partial charge is 0.335 e. The van der Waals surface area contributed by atoms with Crippen molar-refractivity contribution in [2.45, 2.75) is 0 Å². The minimum atomic E-state index is -0.198. The number of nitrogens with one attached hydrogen (secondary N) is 2. The maximum Gasteiger partial charge on any atom is 0.259 e. The molecule has 5 nitrogen and oxygen atoms in total. The Morgan fingerprint density at radius 3 is 2.94 bits per heavy atom. The number of H-pyrrole nitrogens is 1. The van der Waals surface area contributed by atoms with Gasteiger partial charge in [-0.05, 0) is 18.2 Å². The molecule has 1 aromatic heterocycles. The van der Waals surface area contributed by atoms with Gasteiger partial charge in [-0.1, -0.05) is 12.1 Å². The zero-order valence-corrected chi connectivity index (χ0v) is 8.31. The van der Waals surface area contributed by atoms with Gasteiger partial charge in [-0.2, -0.15) is 0 Å². The highest BCUT2D eigenvalue weighted by molar-refractivity contribution is 5.77. The number of carbonyl (C=O) groups is 1. The molecule has 0 radical (unpaired) electrons. The summed E-state index contributed by atoms with van der Waals surface area (Å²) in [5, 5.41) is 2.89. The van der Waals surface area contributed by atoms with Gasteiger partial charge in [0, 0.05) is 6.20 Å². The van der Waals surface area contributed by atoms with Gasteiger partial charge in [-0.25, -0.2) is 4.98 Å². The number of aromatic amines is 1. The highest BCUT2D eigenvalue weighted by Crippen LogP contribution is 2.05. The Morgan fingerprint density at radius 1 is 1.31 bits per heavy atom. The standard InChI is InChI=1S/C11H9N3O2/c15-7-12-6-5-10-13-9-4-2-1-3-8(9)11(16)14-10/h1-7H,(H,12,15)(H,13,14,16). The molecular formula is C11H9N3O2. The number of amides is 1. The van der Waals surface area contributed by atoms with E-state index in [1.807, 2.05) is 6.07 Å². The number of nitrogens with zero attached hydrogens (tertiary/aromatic N) is 1. The van der Waals surface area contributed by atoms with Gasteiger partial charge in [0.15, 0.2) is 0 Å². The van der Waals surface area contributed by atoms with E-state index in [4.69, 9.17) is 0 Å². The van der Waals surface area contributed by atoms with Crippen LogP contribution in [0.3, 0.4) is 0 Å². The van der Waals surface area contributed by atoms with E-state index in [0.717, 1.165) is 0 Å². The Morgan fingerprint density at radius 2 is 2.12 bits per heavy atom. The molecule has 0 aliphatic heterocycles. The van der Waals surface area contributed by atoms with Gasteiger partial charge < -0.3 is 10.3 Å². The predicted molar refractivity (Wildman–Crippen MR) is 60.6 cm³/mol. The fourth-order valence-corrected chi connectivity index (χ4v) is 1.35. The fraction of sp³-hybridized carbons (Fsp3) is 0. The predicted octanol–water partition coefficient (Wildman–Crippen LogP) is 0.640. The third kappa shape index (κ3) is 1.98. The van der Waals surface area contributed by atoms with E-state index in [0.29, 0.717) is 23.1 Å². The van der Waals surface area contributed by atoms with Crippen molar-refractivity contribution in [1.29, 1.82) is 0 Å². The zero-order chi connectivity index (χ0) is 11.4. The van der Waals surface area contributed by atoms with Gasteiger partial charge in [0.1, 0.15) is 5.82 Å². The molecule has 2 rings (SSSR count). The number of rotatable bonds is 3. The first-order valence-electron chi connectivity index (χ1n) is 4.66. The van der Waals surface area contributed by atoms with Crippen LogP contribution < -0.4 is 10.9 Å². The molecule has 0 aliphatic rings. The van der Waals surface area contributed by atoms with Crippen LogP contribution in [-0.4, -0.2) is 16.4 Å². The van der Waals surface area contributed by atoms with Crippen molar-refractivity contribution in [2.75, 3.05) is 0 Å². The smallest absolute Gasteiger partial charge is 0.259 e.